The Kier molecular flexibility index (Phi) is 6.40. The molecule has 6 rings (SSSR count). The molecule has 196 valence electrons. The van der Waals surface area contributed by atoms with Gasteiger partial charge in [-0.2, -0.15) is 5.10 Å². The van der Waals surface area contributed by atoms with Crippen LogP contribution < -0.4 is 10.1 Å². The molecule has 0 radical (unpaired) electrons. The maximum absolute atomic E-state index is 14.2. The van der Waals surface area contributed by atoms with E-state index in [2.05, 4.69) is 53.3 Å². The molecule has 3 aromatic carbocycles. The van der Waals surface area contributed by atoms with Gasteiger partial charge in [0.25, 0.3) is 0 Å². The summed E-state index contributed by atoms with van der Waals surface area (Å²) < 4.78 is 9.75. The van der Waals surface area contributed by atoms with Crippen molar-refractivity contribution in [3.05, 3.63) is 125 Å². The lowest BCUT2D eigenvalue weighted by Crippen LogP contribution is -2.38. The quantitative estimate of drug-likeness (QED) is 0.283. The van der Waals surface area contributed by atoms with Crippen molar-refractivity contribution in [1.82, 2.24) is 19.2 Å². The average Bonchev–Trinajstić information content (AvgIpc) is 3.55. The molecule has 5 aromatic rings. The van der Waals surface area contributed by atoms with Crippen molar-refractivity contribution in [3.63, 3.8) is 0 Å². The first kappa shape index (κ1) is 24.6. The van der Waals surface area contributed by atoms with Crippen molar-refractivity contribution < 1.29 is 9.53 Å². The first-order valence-electron chi connectivity index (χ1n) is 13.2. The summed E-state index contributed by atoms with van der Waals surface area (Å²) in [7, 11) is 1.61. The number of nitrogens with zero attached hydrogens (tertiary/aromatic N) is 4. The van der Waals surface area contributed by atoms with Gasteiger partial charge in [-0.1, -0.05) is 61.5 Å². The van der Waals surface area contributed by atoms with Crippen LogP contribution in [0.15, 0.2) is 97.2 Å². The van der Waals surface area contributed by atoms with E-state index in [-0.39, 0.29) is 12.1 Å². The molecule has 1 aliphatic rings. The minimum absolute atomic E-state index is 0.206. The van der Waals surface area contributed by atoms with Crippen LogP contribution in [-0.2, 0) is 13.0 Å². The van der Waals surface area contributed by atoms with Gasteiger partial charge in [0.1, 0.15) is 11.6 Å². The minimum Gasteiger partial charge on any atom is -0.495 e. The zero-order chi connectivity index (χ0) is 26.9. The number of fused-ring (bicyclic) bond motifs is 3. The van der Waals surface area contributed by atoms with Crippen LogP contribution in [0.25, 0.3) is 11.5 Å². The number of hydrogen-bond donors (Lipinski definition) is 1. The molecule has 0 spiro atoms. The van der Waals surface area contributed by atoms with E-state index in [1.165, 1.54) is 0 Å². The zero-order valence-corrected chi connectivity index (χ0v) is 22.3. The van der Waals surface area contributed by atoms with Crippen LogP contribution in [0.1, 0.15) is 41.0 Å². The lowest BCUT2D eigenvalue weighted by molar-refractivity contribution is 0.194. The second-order valence-corrected chi connectivity index (χ2v) is 9.73. The highest BCUT2D eigenvalue weighted by molar-refractivity contribution is 5.92. The topological polar surface area (TPSA) is 64.3 Å². The first-order chi connectivity index (χ1) is 19.1. The molecule has 0 saturated carbocycles. The number of anilines is 1. The van der Waals surface area contributed by atoms with Crippen molar-refractivity contribution in [2.75, 3.05) is 12.4 Å². The number of ether oxygens (including phenoxy) is 1. The van der Waals surface area contributed by atoms with Crippen LogP contribution in [0.3, 0.4) is 0 Å². The Hall–Kier alpha value is -4.78. The van der Waals surface area contributed by atoms with Crippen LogP contribution in [0.5, 0.6) is 5.75 Å². The van der Waals surface area contributed by atoms with Crippen molar-refractivity contribution in [1.29, 1.82) is 0 Å². The highest BCUT2D eigenvalue weighted by atomic mass is 16.5. The SMILES string of the molecule is CCc1nn(-c2ccccc2)c2c1CN(C(=O)Nc1cc(C)ccc1OC)[C@@H](c1ccccc1)c1cccn1-2. The summed E-state index contributed by atoms with van der Waals surface area (Å²) in [4.78, 5) is 16.1. The van der Waals surface area contributed by atoms with Crippen molar-refractivity contribution in [2.45, 2.75) is 32.9 Å². The second kappa shape index (κ2) is 10.2. The molecule has 2 amide bonds. The fourth-order valence-corrected chi connectivity index (χ4v) is 5.44. The molecular formula is C32H31N5O2. The maximum atomic E-state index is 14.2. The number of rotatable bonds is 5. The number of aryl methyl sites for hydroxylation is 2. The largest absolute Gasteiger partial charge is 0.495 e. The zero-order valence-electron chi connectivity index (χ0n) is 22.3. The number of benzene rings is 3. The van der Waals surface area contributed by atoms with E-state index in [0.29, 0.717) is 18.0 Å². The average molecular weight is 518 g/mol. The van der Waals surface area contributed by atoms with E-state index in [1.807, 2.05) is 77.2 Å². The predicted octanol–water partition coefficient (Wildman–Crippen LogP) is 6.68. The van der Waals surface area contributed by atoms with Crippen molar-refractivity contribution >= 4 is 11.7 Å². The molecule has 3 heterocycles. The summed E-state index contributed by atoms with van der Waals surface area (Å²) in [5, 5.41) is 8.19. The van der Waals surface area contributed by atoms with Gasteiger partial charge in [0.2, 0.25) is 0 Å². The number of carbonyl (C=O) groups excluding carboxylic acids is 1. The van der Waals surface area contributed by atoms with Gasteiger partial charge in [-0.15, -0.1) is 0 Å². The van der Waals surface area contributed by atoms with Crippen LogP contribution in [0, 0.1) is 6.92 Å². The third kappa shape index (κ3) is 4.36. The highest BCUT2D eigenvalue weighted by Crippen LogP contribution is 2.39. The molecule has 39 heavy (non-hydrogen) atoms. The number of nitrogens with one attached hydrogen (secondary N) is 1. The number of methoxy groups -OCH3 is 1. The summed E-state index contributed by atoms with van der Waals surface area (Å²) in [6, 6.07) is 29.7. The van der Waals surface area contributed by atoms with E-state index in [1.54, 1.807) is 7.11 Å². The Morgan fingerprint density at radius 1 is 1.00 bits per heavy atom. The summed E-state index contributed by atoms with van der Waals surface area (Å²) in [5.74, 6) is 1.58. The fourth-order valence-electron chi connectivity index (χ4n) is 5.44. The van der Waals surface area contributed by atoms with Crippen molar-refractivity contribution in [2.24, 2.45) is 0 Å². The lowest BCUT2D eigenvalue weighted by Gasteiger charge is -2.31. The normalized spacial score (nSPS) is 14.3. The smallest absolute Gasteiger partial charge is 0.323 e. The van der Waals surface area contributed by atoms with E-state index >= 15 is 0 Å². The second-order valence-electron chi connectivity index (χ2n) is 9.73. The molecule has 0 bridgehead atoms. The Bertz CT molecular complexity index is 1620. The summed E-state index contributed by atoms with van der Waals surface area (Å²) >= 11 is 0. The van der Waals surface area contributed by atoms with Gasteiger partial charge in [-0.25, -0.2) is 9.48 Å². The van der Waals surface area contributed by atoms with Crippen LogP contribution >= 0.6 is 0 Å². The molecule has 1 aliphatic heterocycles. The Labute approximate surface area is 228 Å². The molecule has 2 aromatic heterocycles. The van der Waals surface area contributed by atoms with E-state index in [0.717, 1.165) is 46.0 Å². The fraction of sp³-hybridized carbons (Fsp3) is 0.188. The predicted molar refractivity (Wildman–Crippen MR) is 153 cm³/mol. The molecule has 0 unspecified atom stereocenters. The summed E-state index contributed by atoms with van der Waals surface area (Å²) in [6.45, 7) is 4.50. The minimum atomic E-state index is -0.321. The van der Waals surface area contributed by atoms with Gasteiger partial charge in [0, 0.05) is 11.8 Å². The molecular weight excluding hydrogens is 486 g/mol. The Morgan fingerprint density at radius 3 is 2.46 bits per heavy atom. The molecule has 0 saturated heterocycles. The van der Waals surface area contributed by atoms with Crippen LogP contribution in [0.4, 0.5) is 10.5 Å². The molecule has 0 aliphatic carbocycles. The number of urea groups is 1. The molecule has 0 fully saturated rings. The molecule has 7 nitrogen and oxygen atoms in total. The number of aromatic nitrogens is 3. The van der Waals surface area contributed by atoms with Gasteiger partial charge < -0.3 is 19.5 Å². The standard InChI is InChI=1S/C32H31N5O2/c1-4-26-25-21-36(32(38)33-27-20-22(2)17-18-29(27)39-3)30(23-12-7-5-8-13-23)28-16-11-19-35(28)31(25)37(34-26)24-14-9-6-10-15-24/h5-20,30H,4,21H2,1-3H3,(H,33,38)/t30-/m0/s1. The third-order valence-electron chi connectivity index (χ3n) is 7.28. The van der Waals surface area contributed by atoms with Crippen molar-refractivity contribution in [3.8, 4) is 17.3 Å². The van der Waals surface area contributed by atoms with Gasteiger partial charge in [0.05, 0.1) is 42.5 Å². The van der Waals surface area contributed by atoms with Gasteiger partial charge in [0.15, 0.2) is 0 Å². The Balaban J connectivity index is 1.54. The Morgan fingerprint density at radius 2 is 1.74 bits per heavy atom. The maximum Gasteiger partial charge on any atom is 0.323 e. The van der Waals surface area contributed by atoms with Gasteiger partial charge >= 0.3 is 6.03 Å². The van der Waals surface area contributed by atoms with E-state index in [4.69, 9.17) is 9.84 Å². The molecule has 1 N–H and O–H groups in total. The van der Waals surface area contributed by atoms with Crippen LogP contribution in [-0.4, -0.2) is 32.4 Å². The van der Waals surface area contributed by atoms with Crippen LogP contribution in [0.2, 0.25) is 0 Å². The first-order valence-corrected chi connectivity index (χ1v) is 13.2. The third-order valence-corrected chi connectivity index (χ3v) is 7.28. The number of hydrogen-bond acceptors (Lipinski definition) is 3. The summed E-state index contributed by atoms with van der Waals surface area (Å²) in [6.07, 6.45) is 2.81. The number of para-hydroxylation sites is 1. The highest BCUT2D eigenvalue weighted by Gasteiger charge is 2.36. The monoisotopic (exact) mass is 517 g/mol. The van der Waals surface area contributed by atoms with Gasteiger partial charge in [-0.3, -0.25) is 0 Å². The lowest BCUT2D eigenvalue weighted by atomic mass is 10.0. The number of carbonyl (C=O) groups is 1. The van der Waals surface area contributed by atoms with Gasteiger partial charge in [-0.05, 0) is 60.9 Å². The number of amides is 2. The summed E-state index contributed by atoms with van der Waals surface area (Å²) in [5.41, 5.74) is 6.68. The van der Waals surface area contributed by atoms with E-state index in [9.17, 15) is 4.79 Å². The van der Waals surface area contributed by atoms with E-state index < -0.39 is 0 Å². The molecule has 7 heteroatoms. The molecule has 1 atom stereocenters.